The molecule has 156 valence electrons. The molecule has 0 fully saturated rings. The van der Waals surface area contributed by atoms with Crippen LogP contribution in [0.2, 0.25) is 0 Å². The van der Waals surface area contributed by atoms with Gasteiger partial charge in [0.2, 0.25) is 10.0 Å². The van der Waals surface area contributed by atoms with Gasteiger partial charge < -0.3 is 0 Å². The highest BCUT2D eigenvalue weighted by atomic mass is 32.2. The first kappa shape index (κ1) is 21.4. The number of fused-ring (bicyclic) bond motifs is 1. The molecule has 1 aliphatic heterocycles. The second kappa shape index (κ2) is 9.47. The average Bonchev–Trinajstić information content (AvgIpc) is 2.70. The van der Waals surface area contributed by atoms with Gasteiger partial charge >= 0.3 is 0 Å². The Kier molecular flexibility index (Phi) is 7.00. The van der Waals surface area contributed by atoms with Crippen LogP contribution in [0.1, 0.15) is 36.0 Å². The van der Waals surface area contributed by atoms with Gasteiger partial charge in [0.1, 0.15) is 0 Å². The number of sulfonamides is 1. The first-order valence-electron chi connectivity index (χ1n) is 9.91. The minimum atomic E-state index is -3.75. The number of hydrogen-bond acceptors (Lipinski definition) is 5. The Morgan fingerprint density at radius 2 is 1.86 bits per heavy atom. The zero-order valence-electron chi connectivity index (χ0n) is 16.6. The molecule has 1 N–H and O–H groups in total. The van der Waals surface area contributed by atoms with Crippen molar-refractivity contribution in [1.82, 2.24) is 9.62 Å². The molecule has 1 heterocycles. The lowest BCUT2D eigenvalue weighted by Gasteiger charge is -2.28. The summed E-state index contributed by atoms with van der Waals surface area (Å²) >= 11 is 0. The van der Waals surface area contributed by atoms with E-state index < -0.39 is 14.9 Å². The normalized spacial score (nSPS) is 14.5. The van der Waals surface area contributed by atoms with Crippen LogP contribution in [0.15, 0.2) is 47.4 Å². The first-order valence-corrected chi connectivity index (χ1v) is 11.4. The van der Waals surface area contributed by atoms with Crippen molar-refractivity contribution >= 4 is 15.7 Å². The Morgan fingerprint density at radius 3 is 2.62 bits per heavy atom. The molecule has 7 nitrogen and oxygen atoms in total. The van der Waals surface area contributed by atoms with Gasteiger partial charge in [-0.2, -0.15) is 0 Å². The van der Waals surface area contributed by atoms with E-state index in [4.69, 9.17) is 0 Å². The van der Waals surface area contributed by atoms with Crippen LogP contribution >= 0.6 is 0 Å². The van der Waals surface area contributed by atoms with Gasteiger partial charge in [0, 0.05) is 31.8 Å². The smallest absolute Gasteiger partial charge is 0.270 e. The number of unbranched alkanes of at least 4 members (excludes halogenated alkanes) is 2. The highest BCUT2D eigenvalue weighted by Gasteiger charge is 2.20. The maximum atomic E-state index is 12.5. The van der Waals surface area contributed by atoms with Crippen molar-refractivity contribution < 1.29 is 13.3 Å². The van der Waals surface area contributed by atoms with Crippen LogP contribution < -0.4 is 4.72 Å². The molecule has 2 aromatic carbocycles. The number of hydrogen-bond donors (Lipinski definition) is 1. The number of nitrogens with zero attached hydrogens (tertiary/aromatic N) is 2. The lowest BCUT2D eigenvalue weighted by atomic mass is 10.00. The molecule has 0 saturated carbocycles. The maximum Gasteiger partial charge on any atom is 0.270 e. The molecule has 0 aromatic heterocycles. The Balaban J connectivity index is 1.42. The second-order valence-corrected chi connectivity index (χ2v) is 9.20. The van der Waals surface area contributed by atoms with Crippen molar-refractivity contribution in [3.8, 4) is 0 Å². The third-order valence-electron chi connectivity index (χ3n) is 5.32. The van der Waals surface area contributed by atoms with E-state index in [1.165, 1.54) is 23.3 Å². The Bertz CT molecular complexity index is 976. The molecule has 0 saturated heterocycles. The molecule has 0 bridgehead atoms. The lowest BCUT2D eigenvalue weighted by molar-refractivity contribution is -0.385. The zero-order chi connectivity index (χ0) is 20.9. The van der Waals surface area contributed by atoms with Crippen molar-refractivity contribution in [3.05, 3.63) is 69.3 Å². The molecule has 0 atom stereocenters. The number of benzene rings is 2. The summed E-state index contributed by atoms with van der Waals surface area (Å²) in [5.74, 6) is 0. The molecule has 3 rings (SSSR count). The third kappa shape index (κ3) is 5.62. The number of rotatable bonds is 9. The van der Waals surface area contributed by atoms with Crippen LogP contribution in [0.25, 0.3) is 0 Å². The fourth-order valence-corrected chi connectivity index (χ4v) is 4.99. The molecule has 1 aliphatic rings. The van der Waals surface area contributed by atoms with E-state index >= 15 is 0 Å². The van der Waals surface area contributed by atoms with Gasteiger partial charge in [-0.3, -0.25) is 15.0 Å². The number of nitrogens with one attached hydrogen (secondary N) is 1. The van der Waals surface area contributed by atoms with Crippen LogP contribution in [0, 0.1) is 17.0 Å². The van der Waals surface area contributed by atoms with E-state index in [-0.39, 0.29) is 10.6 Å². The summed E-state index contributed by atoms with van der Waals surface area (Å²) in [4.78, 5) is 12.7. The molecule has 29 heavy (non-hydrogen) atoms. The molecular weight excluding hydrogens is 390 g/mol. The number of nitro groups is 1. The van der Waals surface area contributed by atoms with Gasteiger partial charge in [-0.05, 0) is 49.4 Å². The van der Waals surface area contributed by atoms with Gasteiger partial charge in [-0.15, -0.1) is 0 Å². The number of non-ortho nitro benzene ring substituents is 1. The van der Waals surface area contributed by atoms with E-state index in [0.29, 0.717) is 12.1 Å². The van der Waals surface area contributed by atoms with E-state index in [0.717, 1.165) is 51.4 Å². The summed E-state index contributed by atoms with van der Waals surface area (Å²) in [6.07, 6.45) is 3.75. The highest BCUT2D eigenvalue weighted by Crippen LogP contribution is 2.22. The highest BCUT2D eigenvalue weighted by molar-refractivity contribution is 7.89. The van der Waals surface area contributed by atoms with Gasteiger partial charge in [0.05, 0.1) is 9.82 Å². The SMILES string of the molecule is Cc1ccc([N+](=O)[O-])cc1S(=O)(=O)NCCCCCN1CCc2ccccc2C1. The fourth-order valence-electron chi connectivity index (χ4n) is 3.66. The third-order valence-corrected chi connectivity index (χ3v) is 6.93. The number of nitro benzene ring substituents is 1. The largest absolute Gasteiger partial charge is 0.299 e. The van der Waals surface area contributed by atoms with Crippen LogP contribution in [-0.2, 0) is 23.0 Å². The molecule has 2 aromatic rings. The zero-order valence-corrected chi connectivity index (χ0v) is 17.5. The van der Waals surface area contributed by atoms with Gasteiger partial charge in [0.15, 0.2) is 0 Å². The van der Waals surface area contributed by atoms with Gasteiger partial charge in [-0.25, -0.2) is 13.1 Å². The standard InChI is InChI=1S/C21H27N3O4S/c1-17-9-10-20(24(25)26)15-21(17)29(27,28)22-12-5-2-6-13-23-14-11-18-7-3-4-8-19(18)16-23/h3-4,7-10,15,22H,2,5-6,11-14,16H2,1H3. The van der Waals surface area contributed by atoms with Crippen molar-refractivity contribution in [1.29, 1.82) is 0 Å². The molecule has 0 radical (unpaired) electrons. The molecule has 0 spiro atoms. The van der Waals surface area contributed by atoms with Crippen molar-refractivity contribution in [3.63, 3.8) is 0 Å². The van der Waals surface area contributed by atoms with Crippen molar-refractivity contribution in [2.75, 3.05) is 19.6 Å². The van der Waals surface area contributed by atoms with E-state index in [2.05, 4.69) is 33.9 Å². The Morgan fingerprint density at radius 1 is 1.10 bits per heavy atom. The van der Waals surface area contributed by atoms with Gasteiger partial charge in [-0.1, -0.05) is 36.8 Å². The molecule has 0 aliphatic carbocycles. The second-order valence-electron chi connectivity index (χ2n) is 7.46. The summed E-state index contributed by atoms with van der Waals surface area (Å²) < 4.78 is 27.5. The Labute approximate surface area is 171 Å². The Hall–Kier alpha value is -2.29. The van der Waals surface area contributed by atoms with E-state index in [9.17, 15) is 18.5 Å². The topological polar surface area (TPSA) is 92.5 Å². The van der Waals surface area contributed by atoms with Crippen LogP contribution in [0.4, 0.5) is 5.69 Å². The predicted molar refractivity (Wildman–Crippen MR) is 112 cm³/mol. The minimum absolute atomic E-state index is 0.0290. The summed E-state index contributed by atoms with van der Waals surface area (Å²) in [5.41, 5.74) is 3.11. The van der Waals surface area contributed by atoms with Crippen LogP contribution in [0.5, 0.6) is 0 Å². The monoisotopic (exact) mass is 417 g/mol. The quantitative estimate of drug-likeness (QED) is 0.383. The molecule has 0 unspecified atom stereocenters. The molecule has 8 heteroatoms. The predicted octanol–water partition coefficient (Wildman–Crippen LogP) is 3.41. The summed E-state index contributed by atoms with van der Waals surface area (Å²) in [7, 11) is -3.75. The lowest BCUT2D eigenvalue weighted by Crippen LogP contribution is -2.31. The van der Waals surface area contributed by atoms with Crippen molar-refractivity contribution in [2.45, 2.75) is 44.0 Å². The maximum absolute atomic E-state index is 12.5. The summed E-state index contributed by atoms with van der Waals surface area (Å²) in [6, 6.07) is 12.4. The van der Waals surface area contributed by atoms with E-state index in [1.54, 1.807) is 6.92 Å². The van der Waals surface area contributed by atoms with Crippen LogP contribution in [-0.4, -0.2) is 37.9 Å². The van der Waals surface area contributed by atoms with Gasteiger partial charge in [0.25, 0.3) is 5.69 Å². The molecular formula is C21H27N3O4S. The number of aryl methyl sites for hydroxylation is 1. The van der Waals surface area contributed by atoms with E-state index in [1.807, 2.05) is 0 Å². The fraction of sp³-hybridized carbons (Fsp3) is 0.429. The molecule has 0 amide bonds. The van der Waals surface area contributed by atoms with Crippen molar-refractivity contribution in [2.24, 2.45) is 0 Å². The van der Waals surface area contributed by atoms with Crippen LogP contribution in [0.3, 0.4) is 0 Å². The average molecular weight is 418 g/mol. The summed E-state index contributed by atoms with van der Waals surface area (Å²) in [5, 5.41) is 10.9. The minimum Gasteiger partial charge on any atom is -0.299 e. The first-order chi connectivity index (χ1) is 13.9. The summed E-state index contributed by atoms with van der Waals surface area (Å²) in [6.45, 7) is 5.01.